The molecule has 2 aliphatic rings. The highest BCUT2D eigenvalue weighted by molar-refractivity contribution is 5.76. The Morgan fingerprint density at radius 1 is 1.00 bits per heavy atom. The van der Waals surface area contributed by atoms with Gasteiger partial charge in [-0.15, -0.1) is 0 Å². The van der Waals surface area contributed by atoms with Gasteiger partial charge >= 0.3 is 12.0 Å². The van der Waals surface area contributed by atoms with Gasteiger partial charge in [0.15, 0.2) is 0 Å². The third-order valence-corrected chi connectivity index (χ3v) is 4.71. The maximum absolute atomic E-state index is 11.9. The van der Waals surface area contributed by atoms with Crippen LogP contribution in [0, 0.1) is 11.8 Å². The second-order valence-corrected chi connectivity index (χ2v) is 6.18. The summed E-state index contributed by atoms with van der Waals surface area (Å²) in [5, 5.41) is 15.0. The lowest BCUT2D eigenvalue weighted by Crippen LogP contribution is -2.47. The fourth-order valence-corrected chi connectivity index (χ4v) is 3.17. The molecule has 0 aromatic heterocycles. The molecule has 0 saturated heterocycles. The lowest BCUT2D eigenvalue weighted by atomic mass is 9.83. The van der Waals surface area contributed by atoms with Crippen molar-refractivity contribution in [2.45, 2.75) is 63.8 Å². The zero-order chi connectivity index (χ0) is 14.4. The molecule has 0 bridgehead atoms. The van der Waals surface area contributed by atoms with Gasteiger partial charge in [0.2, 0.25) is 0 Å². The molecule has 2 saturated carbocycles. The Bertz CT molecular complexity index is 342. The fraction of sp³-hybridized carbons (Fsp3) is 0.867. The van der Waals surface area contributed by atoms with Crippen LogP contribution in [0.25, 0.3) is 0 Å². The lowest BCUT2D eigenvalue weighted by molar-refractivity contribution is -0.142. The number of hydrogen-bond acceptors (Lipinski definition) is 2. The molecule has 5 nitrogen and oxygen atoms in total. The molecule has 0 aliphatic heterocycles. The largest absolute Gasteiger partial charge is 0.481 e. The molecule has 0 spiro atoms. The van der Waals surface area contributed by atoms with Crippen molar-refractivity contribution in [2.75, 3.05) is 6.54 Å². The molecule has 114 valence electrons. The zero-order valence-corrected chi connectivity index (χ0v) is 12.1. The highest BCUT2D eigenvalue weighted by atomic mass is 16.4. The molecule has 2 amide bonds. The molecule has 2 aliphatic carbocycles. The van der Waals surface area contributed by atoms with E-state index in [1.54, 1.807) is 0 Å². The van der Waals surface area contributed by atoms with Gasteiger partial charge in [0.05, 0.1) is 5.92 Å². The number of carboxylic acids is 1. The van der Waals surface area contributed by atoms with E-state index in [9.17, 15) is 14.7 Å². The minimum absolute atomic E-state index is 0.206. The number of rotatable bonds is 5. The summed E-state index contributed by atoms with van der Waals surface area (Å²) in [5.41, 5.74) is 0. The monoisotopic (exact) mass is 282 g/mol. The standard InChI is InChI=1S/C15H26N2O3/c18-14(19)12-7-2-1-3-8-13(12)17-15(20)16-10-9-11-5-4-6-11/h11-13H,1-10H2,(H,18,19)(H2,16,17,20). The van der Waals surface area contributed by atoms with Crippen LogP contribution >= 0.6 is 0 Å². The van der Waals surface area contributed by atoms with Crippen molar-refractivity contribution in [3.05, 3.63) is 0 Å². The van der Waals surface area contributed by atoms with Crippen molar-refractivity contribution < 1.29 is 14.7 Å². The van der Waals surface area contributed by atoms with E-state index >= 15 is 0 Å². The minimum Gasteiger partial charge on any atom is -0.481 e. The first-order valence-corrected chi connectivity index (χ1v) is 7.94. The summed E-state index contributed by atoms with van der Waals surface area (Å²) in [7, 11) is 0. The Labute approximate surface area is 120 Å². The quantitative estimate of drug-likeness (QED) is 0.678. The fourth-order valence-electron chi connectivity index (χ4n) is 3.17. The number of hydrogen-bond donors (Lipinski definition) is 3. The van der Waals surface area contributed by atoms with Crippen molar-refractivity contribution in [1.82, 2.24) is 10.6 Å². The molecule has 2 fully saturated rings. The Hall–Kier alpha value is -1.26. The topological polar surface area (TPSA) is 78.4 Å². The Kier molecular flexibility index (Phi) is 5.68. The second-order valence-electron chi connectivity index (χ2n) is 6.18. The Morgan fingerprint density at radius 3 is 2.40 bits per heavy atom. The van der Waals surface area contributed by atoms with Gasteiger partial charge in [-0.2, -0.15) is 0 Å². The van der Waals surface area contributed by atoms with Gasteiger partial charge in [0, 0.05) is 12.6 Å². The van der Waals surface area contributed by atoms with Crippen LogP contribution in [0.5, 0.6) is 0 Å². The van der Waals surface area contributed by atoms with Crippen LogP contribution in [0.1, 0.15) is 57.8 Å². The third-order valence-electron chi connectivity index (χ3n) is 4.71. The first-order valence-electron chi connectivity index (χ1n) is 7.94. The number of aliphatic carboxylic acids is 1. The molecule has 0 aromatic carbocycles. The number of nitrogens with one attached hydrogen (secondary N) is 2. The molecule has 3 N–H and O–H groups in total. The van der Waals surface area contributed by atoms with Crippen molar-refractivity contribution in [3.63, 3.8) is 0 Å². The maximum Gasteiger partial charge on any atom is 0.315 e. The first kappa shape index (κ1) is 15.1. The van der Waals surface area contributed by atoms with Gasteiger partial charge in [0.1, 0.15) is 0 Å². The summed E-state index contributed by atoms with van der Waals surface area (Å²) in [6.07, 6.45) is 9.37. The highest BCUT2D eigenvalue weighted by Crippen LogP contribution is 2.28. The Morgan fingerprint density at radius 2 is 1.75 bits per heavy atom. The SMILES string of the molecule is O=C(NCCC1CCC1)NC1CCCCCC1C(=O)O. The molecule has 20 heavy (non-hydrogen) atoms. The molecule has 0 heterocycles. The van der Waals surface area contributed by atoms with E-state index in [2.05, 4.69) is 10.6 Å². The summed E-state index contributed by atoms with van der Waals surface area (Å²) < 4.78 is 0. The second kappa shape index (κ2) is 7.50. The number of carbonyl (C=O) groups excluding carboxylic acids is 1. The van der Waals surface area contributed by atoms with Gasteiger partial charge in [-0.05, 0) is 25.2 Å². The van der Waals surface area contributed by atoms with E-state index in [-0.39, 0.29) is 12.1 Å². The van der Waals surface area contributed by atoms with Crippen LogP contribution < -0.4 is 10.6 Å². The predicted molar refractivity (Wildman–Crippen MR) is 76.5 cm³/mol. The van der Waals surface area contributed by atoms with Crippen molar-refractivity contribution in [2.24, 2.45) is 11.8 Å². The average molecular weight is 282 g/mol. The molecular formula is C15H26N2O3. The maximum atomic E-state index is 11.9. The van der Waals surface area contributed by atoms with Crippen molar-refractivity contribution in [3.8, 4) is 0 Å². The van der Waals surface area contributed by atoms with E-state index in [4.69, 9.17) is 0 Å². The van der Waals surface area contributed by atoms with Crippen LogP contribution in [0.2, 0.25) is 0 Å². The zero-order valence-electron chi connectivity index (χ0n) is 12.1. The van der Waals surface area contributed by atoms with Crippen molar-refractivity contribution in [1.29, 1.82) is 0 Å². The number of amides is 2. The van der Waals surface area contributed by atoms with Gasteiger partial charge in [-0.25, -0.2) is 4.79 Å². The predicted octanol–water partition coefficient (Wildman–Crippen LogP) is 2.51. The third kappa shape index (κ3) is 4.39. The van der Waals surface area contributed by atoms with E-state index in [0.717, 1.165) is 38.0 Å². The molecule has 2 atom stereocenters. The molecule has 5 heteroatoms. The van der Waals surface area contributed by atoms with Gasteiger partial charge < -0.3 is 15.7 Å². The van der Waals surface area contributed by atoms with Crippen LogP contribution in [-0.4, -0.2) is 29.7 Å². The van der Waals surface area contributed by atoms with E-state index in [1.165, 1.54) is 19.3 Å². The van der Waals surface area contributed by atoms with Crippen molar-refractivity contribution >= 4 is 12.0 Å². The smallest absolute Gasteiger partial charge is 0.315 e. The van der Waals surface area contributed by atoms with E-state index < -0.39 is 11.9 Å². The van der Waals surface area contributed by atoms with E-state index in [1.807, 2.05) is 0 Å². The molecule has 0 aromatic rings. The molecule has 2 unspecified atom stereocenters. The van der Waals surface area contributed by atoms with Crippen LogP contribution in [-0.2, 0) is 4.79 Å². The summed E-state index contributed by atoms with van der Waals surface area (Å²) in [5.74, 6) is -0.443. The minimum atomic E-state index is -0.785. The number of urea groups is 1. The van der Waals surface area contributed by atoms with Crippen LogP contribution in [0.3, 0.4) is 0 Å². The normalized spacial score (nSPS) is 27.2. The number of carboxylic acid groups (broad SMARTS) is 1. The summed E-state index contributed by atoms with van der Waals surface area (Å²) in [4.78, 5) is 23.1. The van der Waals surface area contributed by atoms with Gasteiger partial charge in [0.25, 0.3) is 0 Å². The Balaban J connectivity index is 1.73. The molecule has 0 radical (unpaired) electrons. The summed E-state index contributed by atoms with van der Waals surface area (Å²) in [6.45, 7) is 0.695. The molecule has 2 rings (SSSR count). The van der Waals surface area contributed by atoms with Crippen LogP contribution in [0.4, 0.5) is 4.79 Å². The van der Waals surface area contributed by atoms with Gasteiger partial charge in [-0.3, -0.25) is 4.79 Å². The highest BCUT2D eigenvalue weighted by Gasteiger charge is 2.30. The van der Waals surface area contributed by atoms with Crippen LogP contribution in [0.15, 0.2) is 0 Å². The summed E-state index contributed by atoms with van der Waals surface area (Å²) in [6, 6.07) is -0.429. The molecular weight excluding hydrogens is 256 g/mol. The lowest BCUT2D eigenvalue weighted by Gasteiger charge is -2.26. The number of carbonyl (C=O) groups is 2. The first-order chi connectivity index (χ1) is 9.66. The summed E-state index contributed by atoms with van der Waals surface area (Å²) >= 11 is 0. The van der Waals surface area contributed by atoms with Gasteiger partial charge in [-0.1, -0.05) is 38.5 Å². The average Bonchev–Trinajstić information content (AvgIpc) is 2.57. The van der Waals surface area contributed by atoms with E-state index in [0.29, 0.717) is 13.0 Å².